The second-order valence-corrected chi connectivity index (χ2v) is 13.0. The third-order valence-electron chi connectivity index (χ3n) is 9.44. The van der Waals surface area contributed by atoms with Crippen molar-refractivity contribution in [1.29, 1.82) is 0 Å². The van der Waals surface area contributed by atoms with Gasteiger partial charge in [0.2, 0.25) is 11.8 Å². The highest BCUT2D eigenvalue weighted by molar-refractivity contribution is 5.86. The summed E-state index contributed by atoms with van der Waals surface area (Å²) >= 11 is 0. The Hall–Kier alpha value is -5.66. The Kier molecular flexibility index (Phi) is 10.2. The molecule has 0 bridgehead atoms. The van der Waals surface area contributed by atoms with E-state index in [1.165, 1.54) is 7.11 Å². The van der Waals surface area contributed by atoms with Crippen LogP contribution in [0.5, 0.6) is 0 Å². The van der Waals surface area contributed by atoms with Gasteiger partial charge < -0.3 is 40.2 Å². The molecule has 2 saturated heterocycles. The normalized spacial score (nSPS) is 17.9. The van der Waals surface area contributed by atoms with Gasteiger partial charge in [0.25, 0.3) is 0 Å². The fourth-order valence-corrected chi connectivity index (χ4v) is 6.78. The van der Waals surface area contributed by atoms with Crippen molar-refractivity contribution in [3.63, 3.8) is 0 Å². The first kappa shape index (κ1) is 34.2. The fraction of sp³-hybridized carbons (Fsp3) is 0.389. The van der Waals surface area contributed by atoms with Gasteiger partial charge in [-0.15, -0.1) is 0 Å². The van der Waals surface area contributed by atoms with Crippen LogP contribution in [0.3, 0.4) is 0 Å². The zero-order valence-corrected chi connectivity index (χ0v) is 28.3. The van der Waals surface area contributed by atoms with E-state index >= 15 is 0 Å². The summed E-state index contributed by atoms with van der Waals surface area (Å²) in [4.78, 5) is 68.2. The number of imidazole rings is 2. The van der Waals surface area contributed by atoms with Crippen molar-refractivity contribution in [2.24, 2.45) is 5.92 Å². The zero-order valence-electron chi connectivity index (χ0n) is 28.3. The highest BCUT2D eigenvalue weighted by Crippen LogP contribution is 2.34. The molecular formula is C36H42N8O6. The lowest BCUT2D eigenvalue weighted by Crippen LogP contribution is -2.51. The molecule has 4 heterocycles. The number of ether oxygens (including phenoxy) is 1. The van der Waals surface area contributed by atoms with Crippen molar-refractivity contribution in [3.8, 4) is 33.6 Å². The summed E-state index contributed by atoms with van der Waals surface area (Å²) < 4.78 is 4.74. The SMILES string of the molecule is COC(=O)N[C@H](C(=O)N1CCC[C@H]1c1ncc(-c2ccc(-c3ccc(-c4cnc([C@@H]5CCCN5C(=O)CNC(=O)O)[nH]4)cc3)cc2)[nH]1)C(C)C. The van der Waals surface area contributed by atoms with Gasteiger partial charge in [-0.05, 0) is 53.9 Å². The van der Waals surface area contributed by atoms with E-state index in [9.17, 15) is 19.2 Å². The Labute approximate surface area is 289 Å². The molecule has 0 saturated carbocycles. The van der Waals surface area contributed by atoms with Crippen LogP contribution < -0.4 is 10.6 Å². The highest BCUT2D eigenvalue weighted by Gasteiger charge is 2.37. The van der Waals surface area contributed by atoms with Gasteiger partial charge in [0.1, 0.15) is 24.2 Å². The van der Waals surface area contributed by atoms with Crippen molar-refractivity contribution in [2.75, 3.05) is 26.7 Å². The number of rotatable bonds is 10. The summed E-state index contributed by atoms with van der Waals surface area (Å²) in [6.07, 6.45) is 4.91. The lowest BCUT2D eigenvalue weighted by Gasteiger charge is -2.30. The van der Waals surface area contributed by atoms with Crippen LogP contribution in [0.15, 0.2) is 60.9 Å². The number of hydrogen-bond acceptors (Lipinski definition) is 7. The lowest BCUT2D eigenvalue weighted by molar-refractivity contribution is -0.135. The second-order valence-electron chi connectivity index (χ2n) is 13.0. The number of alkyl carbamates (subject to hydrolysis) is 1. The Bertz CT molecular complexity index is 1830. The first-order valence-electron chi connectivity index (χ1n) is 16.8. The quantitative estimate of drug-likeness (QED) is 0.153. The molecule has 0 spiro atoms. The molecule has 14 heteroatoms. The number of nitrogens with one attached hydrogen (secondary N) is 4. The van der Waals surface area contributed by atoms with Crippen LogP contribution in [0.4, 0.5) is 9.59 Å². The molecule has 0 radical (unpaired) electrons. The van der Waals surface area contributed by atoms with E-state index in [-0.39, 0.29) is 36.4 Å². The number of aromatic amines is 2. The van der Waals surface area contributed by atoms with Crippen molar-refractivity contribution in [2.45, 2.75) is 57.7 Å². The molecule has 0 unspecified atom stereocenters. The predicted molar refractivity (Wildman–Crippen MR) is 185 cm³/mol. The largest absolute Gasteiger partial charge is 0.465 e. The molecule has 5 N–H and O–H groups in total. The molecule has 2 fully saturated rings. The summed E-state index contributed by atoms with van der Waals surface area (Å²) in [5.74, 6) is 0.885. The first-order valence-corrected chi connectivity index (χ1v) is 16.8. The number of carbonyl (C=O) groups is 4. The van der Waals surface area contributed by atoms with Gasteiger partial charge in [-0.1, -0.05) is 62.4 Å². The number of likely N-dealkylation sites (tertiary alicyclic amines) is 2. The minimum absolute atomic E-state index is 0.105. The fourth-order valence-electron chi connectivity index (χ4n) is 6.78. The van der Waals surface area contributed by atoms with E-state index in [0.29, 0.717) is 18.9 Å². The molecule has 6 rings (SSSR count). The number of hydrogen-bond donors (Lipinski definition) is 5. The molecule has 14 nitrogen and oxygen atoms in total. The Morgan fingerprint density at radius 1 is 0.820 bits per heavy atom. The van der Waals surface area contributed by atoms with Gasteiger partial charge in [-0.3, -0.25) is 9.59 Å². The summed E-state index contributed by atoms with van der Waals surface area (Å²) in [6.45, 7) is 4.68. The maximum absolute atomic E-state index is 13.5. The third kappa shape index (κ3) is 7.33. The van der Waals surface area contributed by atoms with Gasteiger partial charge in [0, 0.05) is 13.1 Å². The summed E-state index contributed by atoms with van der Waals surface area (Å²) in [6, 6.07) is 15.2. The van der Waals surface area contributed by atoms with Gasteiger partial charge in [0.05, 0.1) is 43.0 Å². The zero-order chi connectivity index (χ0) is 35.4. The van der Waals surface area contributed by atoms with E-state index in [2.05, 4.69) is 42.7 Å². The van der Waals surface area contributed by atoms with Crippen LogP contribution in [-0.4, -0.2) is 91.6 Å². The maximum atomic E-state index is 13.5. The van der Waals surface area contributed by atoms with Crippen LogP contribution >= 0.6 is 0 Å². The summed E-state index contributed by atoms with van der Waals surface area (Å²) in [5, 5.41) is 13.7. The average Bonchev–Trinajstić information content (AvgIpc) is 3.95. The maximum Gasteiger partial charge on any atom is 0.407 e. The molecule has 2 aliphatic rings. The number of benzene rings is 2. The van der Waals surface area contributed by atoms with Gasteiger partial charge in [-0.2, -0.15) is 0 Å². The van der Waals surface area contributed by atoms with E-state index in [1.807, 2.05) is 50.2 Å². The monoisotopic (exact) mass is 682 g/mol. The number of H-pyrrole nitrogens is 2. The van der Waals surface area contributed by atoms with Crippen LogP contribution in [-0.2, 0) is 14.3 Å². The molecule has 2 aliphatic heterocycles. The Morgan fingerprint density at radius 3 is 1.78 bits per heavy atom. The van der Waals surface area contributed by atoms with Crippen molar-refractivity contribution in [3.05, 3.63) is 72.6 Å². The lowest BCUT2D eigenvalue weighted by atomic mass is 10.0. The van der Waals surface area contributed by atoms with Crippen LogP contribution in [0.1, 0.15) is 63.3 Å². The third-order valence-corrected chi connectivity index (χ3v) is 9.44. The number of nitrogens with zero attached hydrogens (tertiary/aromatic N) is 4. The van der Waals surface area contributed by atoms with Crippen molar-refractivity contribution < 1.29 is 29.0 Å². The molecule has 3 atom stereocenters. The Morgan fingerprint density at radius 2 is 1.30 bits per heavy atom. The number of methoxy groups -OCH3 is 1. The standard InChI is InChI=1S/C36H42N8O6/c1-21(2)31(42-36(49)50-3)34(46)44-17-5-7-29(44)33-38-19-27(41-33)25-14-10-23(11-15-25)22-8-12-24(13-9-22)26-18-37-32(40-26)28-6-4-16-43(28)30(45)20-39-35(47)48/h8-15,18-19,21,28-29,31,39H,4-7,16-17,20H2,1-3H3,(H,37,40)(H,38,41)(H,42,49)(H,47,48)/t28-,29-,31-/m0/s1. The number of amides is 4. The van der Waals surface area contributed by atoms with E-state index in [1.54, 1.807) is 22.2 Å². The average molecular weight is 683 g/mol. The van der Waals surface area contributed by atoms with E-state index in [4.69, 9.17) is 9.84 Å². The van der Waals surface area contributed by atoms with Gasteiger partial charge >= 0.3 is 12.2 Å². The van der Waals surface area contributed by atoms with Crippen LogP contribution in [0.25, 0.3) is 33.6 Å². The minimum atomic E-state index is -1.23. The van der Waals surface area contributed by atoms with Crippen LogP contribution in [0.2, 0.25) is 0 Å². The van der Waals surface area contributed by atoms with E-state index in [0.717, 1.165) is 65.1 Å². The van der Waals surface area contributed by atoms with Gasteiger partial charge in [-0.25, -0.2) is 19.6 Å². The molecule has 50 heavy (non-hydrogen) atoms. The molecular weight excluding hydrogens is 640 g/mol. The van der Waals surface area contributed by atoms with Crippen molar-refractivity contribution >= 4 is 24.0 Å². The number of aromatic nitrogens is 4. The number of carboxylic acid groups (broad SMARTS) is 1. The summed E-state index contributed by atoms with van der Waals surface area (Å²) in [5.41, 5.74) is 5.70. The molecule has 4 aromatic rings. The van der Waals surface area contributed by atoms with Crippen LogP contribution in [0, 0.1) is 5.92 Å². The Balaban J connectivity index is 1.10. The topological polar surface area (TPSA) is 186 Å². The predicted octanol–water partition coefficient (Wildman–Crippen LogP) is 5.11. The van der Waals surface area contributed by atoms with Crippen molar-refractivity contribution in [1.82, 2.24) is 40.4 Å². The number of carbonyl (C=O) groups excluding carboxylic acids is 3. The van der Waals surface area contributed by atoms with E-state index < -0.39 is 18.2 Å². The second kappa shape index (κ2) is 14.8. The minimum Gasteiger partial charge on any atom is -0.465 e. The molecule has 262 valence electrons. The summed E-state index contributed by atoms with van der Waals surface area (Å²) in [7, 11) is 1.28. The molecule has 2 aromatic heterocycles. The molecule has 0 aliphatic carbocycles. The van der Waals surface area contributed by atoms with Gasteiger partial charge in [0.15, 0.2) is 0 Å². The highest BCUT2D eigenvalue weighted by atomic mass is 16.5. The first-order chi connectivity index (χ1) is 24.1. The smallest absolute Gasteiger partial charge is 0.407 e. The molecule has 2 aromatic carbocycles. The molecule has 4 amide bonds.